The van der Waals surface area contributed by atoms with Crippen LogP contribution in [0.4, 0.5) is 5.69 Å². The Kier molecular flexibility index (Phi) is 8.78. The van der Waals surface area contributed by atoms with Gasteiger partial charge >= 0.3 is 0 Å². The minimum atomic E-state index is -0.231. The van der Waals surface area contributed by atoms with Crippen molar-refractivity contribution in [3.05, 3.63) is 65.4 Å². The second-order valence-corrected chi connectivity index (χ2v) is 10.3. The summed E-state index contributed by atoms with van der Waals surface area (Å²) in [6.07, 6.45) is 1.80. The molecule has 2 aromatic carbocycles. The van der Waals surface area contributed by atoms with Gasteiger partial charge in [-0.3, -0.25) is 14.5 Å². The van der Waals surface area contributed by atoms with Crippen molar-refractivity contribution >= 4 is 40.5 Å². The Balaban J connectivity index is 1.93. The van der Waals surface area contributed by atoms with Crippen LogP contribution < -0.4 is 9.64 Å². The third kappa shape index (κ3) is 6.34. The molecule has 2 aromatic rings. The lowest BCUT2D eigenvalue weighted by atomic mass is 10.0. The smallest absolute Gasteiger partial charge is 0.283 e. The molecule has 0 aromatic heterocycles. The van der Waals surface area contributed by atoms with Gasteiger partial charge in [-0.2, -0.15) is 0 Å². The number of ether oxygens (including phenoxy) is 1. The average molecular weight is 494 g/mol. The standard InChI is InChI=1S/C28H35N3O3S/c1-18(2)22-13-11-21(12-14-22)15-25-27(33)31(23-9-8-10-24(16-23)34-7)28(29-25)35-17-26(32)30(19(3)4)20(5)6/h8-16,18-20H,17H2,1-7H3/b25-15-. The maximum atomic E-state index is 13.5. The first-order valence-electron chi connectivity index (χ1n) is 11.9. The molecule has 0 saturated carbocycles. The molecule has 2 amide bonds. The highest BCUT2D eigenvalue weighted by atomic mass is 32.2. The Morgan fingerprint density at radius 3 is 2.29 bits per heavy atom. The molecule has 186 valence electrons. The van der Waals surface area contributed by atoms with Crippen LogP contribution in [0.3, 0.4) is 0 Å². The van der Waals surface area contributed by atoms with Crippen LogP contribution in [0.1, 0.15) is 58.6 Å². The molecule has 3 rings (SSSR count). The highest BCUT2D eigenvalue weighted by molar-refractivity contribution is 8.14. The van der Waals surface area contributed by atoms with E-state index in [9.17, 15) is 9.59 Å². The number of amides is 2. The Labute approximate surface area is 213 Å². The number of benzene rings is 2. The molecule has 0 unspecified atom stereocenters. The van der Waals surface area contributed by atoms with E-state index in [1.54, 1.807) is 24.2 Å². The summed E-state index contributed by atoms with van der Waals surface area (Å²) in [5, 5.41) is 0.481. The molecular formula is C28H35N3O3S. The number of methoxy groups -OCH3 is 1. The molecule has 6 nitrogen and oxygen atoms in total. The molecule has 0 radical (unpaired) electrons. The van der Waals surface area contributed by atoms with Gasteiger partial charge in [-0.15, -0.1) is 0 Å². The minimum Gasteiger partial charge on any atom is -0.497 e. The Bertz CT molecular complexity index is 1110. The van der Waals surface area contributed by atoms with Gasteiger partial charge in [-0.05, 0) is 62.9 Å². The van der Waals surface area contributed by atoms with E-state index < -0.39 is 0 Å². The Hall–Kier alpha value is -3.06. The zero-order valence-corrected chi connectivity index (χ0v) is 22.4. The summed E-state index contributed by atoms with van der Waals surface area (Å²) < 4.78 is 5.36. The van der Waals surface area contributed by atoms with Gasteiger partial charge in [0.2, 0.25) is 5.91 Å². The fraction of sp³-hybridized carbons (Fsp3) is 0.393. The van der Waals surface area contributed by atoms with Crippen molar-refractivity contribution in [2.75, 3.05) is 17.8 Å². The van der Waals surface area contributed by atoms with Gasteiger partial charge in [0.1, 0.15) is 11.4 Å². The van der Waals surface area contributed by atoms with E-state index in [1.807, 2.05) is 62.9 Å². The van der Waals surface area contributed by atoms with Crippen LogP contribution in [0.2, 0.25) is 0 Å². The lowest BCUT2D eigenvalue weighted by molar-refractivity contribution is -0.131. The summed E-state index contributed by atoms with van der Waals surface area (Å²) >= 11 is 1.28. The molecule has 0 N–H and O–H groups in total. The molecule has 0 spiro atoms. The average Bonchev–Trinajstić information content (AvgIpc) is 3.12. The van der Waals surface area contributed by atoms with Gasteiger partial charge in [0.05, 0.1) is 18.6 Å². The first-order valence-corrected chi connectivity index (χ1v) is 12.9. The fourth-order valence-electron chi connectivity index (χ4n) is 4.08. The maximum Gasteiger partial charge on any atom is 0.283 e. The van der Waals surface area contributed by atoms with E-state index in [0.29, 0.717) is 28.2 Å². The second-order valence-electron chi connectivity index (χ2n) is 9.36. The van der Waals surface area contributed by atoms with Crippen molar-refractivity contribution in [2.24, 2.45) is 4.99 Å². The van der Waals surface area contributed by atoms with E-state index in [4.69, 9.17) is 4.74 Å². The van der Waals surface area contributed by atoms with Gasteiger partial charge in [-0.1, -0.05) is 55.9 Å². The molecule has 1 heterocycles. The van der Waals surface area contributed by atoms with Crippen LogP contribution in [0, 0.1) is 0 Å². The summed E-state index contributed by atoms with van der Waals surface area (Å²) in [4.78, 5) is 34.5. The van der Waals surface area contributed by atoms with Crippen LogP contribution in [0.15, 0.2) is 59.2 Å². The minimum absolute atomic E-state index is 0.0162. The van der Waals surface area contributed by atoms with E-state index >= 15 is 0 Å². The van der Waals surface area contributed by atoms with Gasteiger partial charge < -0.3 is 9.64 Å². The molecule has 0 aliphatic carbocycles. The Morgan fingerprint density at radius 2 is 1.71 bits per heavy atom. The predicted octanol–water partition coefficient (Wildman–Crippen LogP) is 5.94. The van der Waals surface area contributed by atoms with Crippen LogP contribution in [0.5, 0.6) is 5.75 Å². The van der Waals surface area contributed by atoms with E-state index in [0.717, 1.165) is 5.56 Å². The number of thioether (sulfide) groups is 1. The molecule has 0 fully saturated rings. The Morgan fingerprint density at radius 1 is 1.06 bits per heavy atom. The van der Waals surface area contributed by atoms with Gasteiger partial charge in [0.25, 0.3) is 5.91 Å². The molecule has 0 atom stereocenters. The van der Waals surface area contributed by atoms with Crippen molar-refractivity contribution in [3.63, 3.8) is 0 Å². The molecule has 1 aliphatic heterocycles. The topological polar surface area (TPSA) is 62.2 Å². The van der Waals surface area contributed by atoms with Crippen molar-refractivity contribution in [3.8, 4) is 5.75 Å². The van der Waals surface area contributed by atoms with Crippen molar-refractivity contribution < 1.29 is 14.3 Å². The first kappa shape index (κ1) is 26.5. The highest BCUT2D eigenvalue weighted by Gasteiger charge is 2.33. The lowest BCUT2D eigenvalue weighted by Gasteiger charge is -2.30. The molecule has 7 heteroatoms. The van der Waals surface area contributed by atoms with E-state index in [1.165, 1.54) is 17.3 Å². The number of rotatable bonds is 8. The second kappa shape index (κ2) is 11.6. The van der Waals surface area contributed by atoms with Crippen molar-refractivity contribution in [2.45, 2.75) is 59.5 Å². The van der Waals surface area contributed by atoms with E-state index in [2.05, 4.69) is 31.0 Å². The zero-order chi connectivity index (χ0) is 25.7. The highest BCUT2D eigenvalue weighted by Crippen LogP contribution is 2.32. The number of anilines is 1. The normalized spacial score (nSPS) is 14.9. The number of nitrogens with zero attached hydrogens (tertiary/aromatic N) is 3. The number of hydrogen-bond acceptors (Lipinski definition) is 5. The van der Waals surface area contributed by atoms with Crippen molar-refractivity contribution in [1.29, 1.82) is 0 Å². The van der Waals surface area contributed by atoms with Gasteiger partial charge in [0.15, 0.2) is 5.17 Å². The summed E-state index contributed by atoms with van der Waals surface area (Å²) in [6, 6.07) is 15.6. The largest absolute Gasteiger partial charge is 0.497 e. The molecule has 35 heavy (non-hydrogen) atoms. The van der Waals surface area contributed by atoms with Crippen molar-refractivity contribution in [1.82, 2.24) is 4.90 Å². The first-order chi connectivity index (χ1) is 16.6. The SMILES string of the molecule is COc1cccc(N2C(=O)/C(=C/c3ccc(C(C)C)cc3)N=C2SCC(=O)N(C(C)C)C(C)C)c1. The molecule has 0 saturated heterocycles. The third-order valence-electron chi connectivity index (χ3n) is 5.77. The predicted molar refractivity (Wildman–Crippen MR) is 146 cm³/mol. The summed E-state index contributed by atoms with van der Waals surface area (Å²) in [7, 11) is 1.59. The number of aliphatic imine (C=N–C) groups is 1. The van der Waals surface area contributed by atoms with E-state index in [-0.39, 0.29) is 29.7 Å². The summed E-state index contributed by atoms with van der Waals surface area (Å²) in [5.74, 6) is 1.05. The summed E-state index contributed by atoms with van der Waals surface area (Å²) in [5.41, 5.74) is 3.13. The van der Waals surface area contributed by atoms with Crippen LogP contribution in [0.25, 0.3) is 6.08 Å². The molecule has 1 aliphatic rings. The maximum absolute atomic E-state index is 13.5. The van der Waals surface area contributed by atoms with Gasteiger partial charge in [-0.25, -0.2) is 4.99 Å². The van der Waals surface area contributed by atoms with Crippen LogP contribution >= 0.6 is 11.8 Å². The zero-order valence-electron chi connectivity index (χ0n) is 21.6. The fourth-order valence-corrected chi connectivity index (χ4v) is 4.96. The quantitative estimate of drug-likeness (QED) is 0.427. The number of hydrogen-bond donors (Lipinski definition) is 0. The number of carbonyl (C=O) groups is 2. The van der Waals surface area contributed by atoms with Crippen LogP contribution in [-0.4, -0.2) is 46.8 Å². The number of amidine groups is 1. The molecule has 0 bridgehead atoms. The summed E-state index contributed by atoms with van der Waals surface area (Å²) in [6.45, 7) is 12.3. The van der Waals surface area contributed by atoms with Crippen LogP contribution in [-0.2, 0) is 9.59 Å². The third-order valence-corrected chi connectivity index (χ3v) is 6.70. The van der Waals surface area contributed by atoms with Gasteiger partial charge in [0, 0.05) is 18.2 Å². The molecular weight excluding hydrogens is 458 g/mol. The lowest BCUT2D eigenvalue weighted by Crippen LogP contribution is -2.43. The monoisotopic (exact) mass is 493 g/mol. The number of carbonyl (C=O) groups excluding carboxylic acids is 2.